The third-order valence-corrected chi connectivity index (χ3v) is 10.8. The van der Waals surface area contributed by atoms with Gasteiger partial charge >= 0.3 is 0 Å². The number of nitrogens with two attached hydrogens (primary N) is 1. The van der Waals surface area contributed by atoms with Crippen molar-refractivity contribution in [2.75, 3.05) is 18.4 Å². The van der Waals surface area contributed by atoms with E-state index in [2.05, 4.69) is 10.6 Å². The number of carbonyl (C=O) groups excluding carboxylic acids is 1. The van der Waals surface area contributed by atoms with E-state index in [9.17, 15) is 26.4 Å². The zero-order valence-electron chi connectivity index (χ0n) is 25.3. The van der Waals surface area contributed by atoms with Crippen LogP contribution in [-0.4, -0.2) is 49.8 Å². The minimum Gasteiger partial charge on any atom is -0.324 e. The Labute approximate surface area is 275 Å². The van der Waals surface area contributed by atoms with Gasteiger partial charge < -0.3 is 16.4 Å². The van der Waals surface area contributed by atoms with Gasteiger partial charge in [-0.25, -0.2) is 26.0 Å². The summed E-state index contributed by atoms with van der Waals surface area (Å²) < 4.78 is 86.4. The van der Waals surface area contributed by atoms with E-state index in [1.807, 2.05) is 0 Å². The third kappa shape index (κ3) is 7.68. The lowest BCUT2D eigenvalue weighted by Gasteiger charge is -2.40. The maximum absolute atomic E-state index is 15.3. The molecule has 0 saturated carbocycles. The van der Waals surface area contributed by atoms with Crippen molar-refractivity contribution in [3.63, 3.8) is 0 Å². The highest BCUT2D eigenvalue weighted by molar-refractivity contribution is 7.89. The quantitative estimate of drug-likeness (QED) is 0.178. The SMILES string of the molecule is C[C@@H]1CNC[C@H](CCc2c(F)cccc2NC(=O)[C@@H](N)[C@@H](c2ccc(F)cc2)c2cc(F)cc(F)c2)N1S(=O)(=O)c1ccccc1Cl. The molecule has 4 N–H and O–H groups in total. The number of carbonyl (C=O) groups is 1. The van der Waals surface area contributed by atoms with Crippen LogP contribution in [0.1, 0.15) is 36.0 Å². The Morgan fingerprint density at radius 1 is 0.936 bits per heavy atom. The van der Waals surface area contributed by atoms with Crippen LogP contribution < -0.4 is 16.4 Å². The number of rotatable bonds is 10. The van der Waals surface area contributed by atoms with E-state index in [4.69, 9.17) is 17.3 Å². The van der Waals surface area contributed by atoms with Crippen LogP contribution in [0.4, 0.5) is 23.2 Å². The number of anilines is 1. The Balaban J connectivity index is 1.40. The molecule has 0 bridgehead atoms. The molecule has 1 heterocycles. The zero-order valence-corrected chi connectivity index (χ0v) is 26.8. The van der Waals surface area contributed by atoms with Crippen molar-refractivity contribution in [3.8, 4) is 0 Å². The molecule has 7 nitrogen and oxygen atoms in total. The molecule has 4 aromatic rings. The first-order valence-electron chi connectivity index (χ1n) is 14.9. The molecule has 4 atom stereocenters. The lowest BCUT2D eigenvalue weighted by Crippen LogP contribution is -2.58. The Hall–Kier alpha value is -3.81. The topological polar surface area (TPSA) is 105 Å². The van der Waals surface area contributed by atoms with Crippen LogP contribution in [0.2, 0.25) is 5.02 Å². The summed E-state index contributed by atoms with van der Waals surface area (Å²) in [5.74, 6) is -4.83. The standard InChI is InChI=1S/C34H33ClF4N4O3S/c1-20-18-41-19-26(43(20)47(45,46)31-8-3-2-5-28(31)35)13-14-27-29(39)6-4-7-30(27)42-34(44)33(40)32(21-9-11-23(36)12-10-21)22-15-24(37)17-25(38)16-22/h2-12,15-17,20,26,32-33,41H,13-14,18-19,40H2,1H3,(H,42,44)/t20-,26+,32+,33+/m1/s1. The Morgan fingerprint density at radius 3 is 2.30 bits per heavy atom. The van der Waals surface area contributed by atoms with Crippen molar-refractivity contribution < 1.29 is 30.8 Å². The molecule has 0 radical (unpaired) electrons. The van der Waals surface area contributed by atoms with E-state index < -0.39 is 63.2 Å². The van der Waals surface area contributed by atoms with Crippen LogP contribution in [0.25, 0.3) is 0 Å². The molecule has 1 amide bonds. The first-order chi connectivity index (χ1) is 22.4. The summed E-state index contributed by atoms with van der Waals surface area (Å²) in [5.41, 5.74) is 7.01. The maximum atomic E-state index is 15.3. The highest BCUT2D eigenvalue weighted by Crippen LogP contribution is 2.32. The summed E-state index contributed by atoms with van der Waals surface area (Å²) in [7, 11) is -4.01. The minimum absolute atomic E-state index is 0.0258. The highest BCUT2D eigenvalue weighted by atomic mass is 35.5. The average molecular weight is 689 g/mol. The smallest absolute Gasteiger partial charge is 0.245 e. The van der Waals surface area contributed by atoms with E-state index in [-0.39, 0.29) is 39.6 Å². The normalized spacial score (nSPS) is 18.4. The van der Waals surface area contributed by atoms with E-state index >= 15 is 4.39 Å². The fourth-order valence-corrected chi connectivity index (χ4v) is 8.41. The van der Waals surface area contributed by atoms with Gasteiger partial charge in [0.2, 0.25) is 15.9 Å². The van der Waals surface area contributed by atoms with Crippen molar-refractivity contribution in [3.05, 3.63) is 130 Å². The number of amides is 1. The van der Waals surface area contributed by atoms with Crippen LogP contribution >= 0.6 is 11.6 Å². The van der Waals surface area contributed by atoms with Crippen LogP contribution in [0, 0.1) is 23.3 Å². The highest BCUT2D eigenvalue weighted by Gasteiger charge is 2.39. The number of piperazine rings is 1. The van der Waals surface area contributed by atoms with Crippen molar-refractivity contribution in [2.24, 2.45) is 5.73 Å². The van der Waals surface area contributed by atoms with Gasteiger partial charge in [-0.1, -0.05) is 41.9 Å². The summed E-state index contributed by atoms with van der Waals surface area (Å²) in [6, 6.07) is 15.6. The molecule has 248 valence electrons. The number of hydrogen-bond acceptors (Lipinski definition) is 5. The molecule has 1 aliphatic rings. The minimum atomic E-state index is -4.01. The first kappa shape index (κ1) is 34.5. The predicted molar refractivity (Wildman–Crippen MR) is 173 cm³/mol. The predicted octanol–water partition coefficient (Wildman–Crippen LogP) is 5.98. The van der Waals surface area contributed by atoms with Crippen molar-refractivity contribution in [2.45, 2.75) is 48.7 Å². The van der Waals surface area contributed by atoms with E-state index in [1.54, 1.807) is 19.1 Å². The van der Waals surface area contributed by atoms with Gasteiger partial charge in [0.25, 0.3) is 0 Å². The van der Waals surface area contributed by atoms with E-state index in [1.165, 1.54) is 46.8 Å². The van der Waals surface area contributed by atoms with Crippen LogP contribution in [0.15, 0.2) is 89.8 Å². The van der Waals surface area contributed by atoms with Gasteiger partial charge in [0.05, 0.1) is 11.1 Å². The number of halogens is 5. The summed E-state index contributed by atoms with van der Waals surface area (Å²) in [5, 5.41) is 5.97. The Bertz CT molecular complexity index is 1840. The van der Waals surface area contributed by atoms with Crippen molar-refractivity contribution in [1.29, 1.82) is 0 Å². The second-order valence-corrected chi connectivity index (χ2v) is 13.7. The molecular weight excluding hydrogens is 656 g/mol. The maximum Gasteiger partial charge on any atom is 0.245 e. The average Bonchev–Trinajstić information content (AvgIpc) is 3.01. The number of nitrogens with zero attached hydrogens (tertiary/aromatic N) is 1. The molecule has 5 rings (SSSR count). The lowest BCUT2D eigenvalue weighted by molar-refractivity contribution is -0.117. The second-order valence-electron chi connectivity index (χ2n) is 11.5. The molecule has 1 fully saturated rings. The largest absolute Gasteiger partial charge is 0.324 e. The number of nitrogens with one attached hydrogen (secondary N) is 2. The molecule has 0 unspecified atom stereocenters. The lowest BCUT2D eigenvalue weighted by atomic mass is 9.84. The van der Waals surface area contributed by atoms with Crippen molar-refractivity contribution in [1.82, 2.24) is 9.62 Å². The van der Waals surface area contributed by atoms with Crippen LogP contribution in [0.3, 0.4) is 0 Å². The number of benzene rings is 4. The van der Waals surface area contributed by atoms with Gasteiger partial charge in [-0.05, 0) is 79.4 Å². The van der Waals surface area contributed by atoms with Crippen LogP contribution in [0.5, 0.6) is 0 Å². The summed E-state index contributed by atoms with van der Waals surface area (Å²) >= 11 is 6.26. The molecule has 1 aliphatic heterocycles. The first-order valence-corrected chi connectivity index (χ1v) is 16.7. The molecule has 0 aliphatic carbocycles. The van der Waals surface area contributed by atoms with E-state index in [0.29, 0.717) is 24.7 Å². The fraction of sp³-hybridized carbons (Fsp3) is 0.265. The Kier molecular flexibility index (Phi) is 10.7. The van der Waals surface area contributed by atoms with Gasteiger partial charge in [-0.2, -0.15) is 4.31 Å². The zero-order chi connectivity index (χ0) is 33.9. The summed E-state index contributed by atoms with van der Waals surface area (Å²) in [6.45, 7) is 2.48. The fourth-order valence-electron chi connectivity index (χ4n) is 6.07. The molecule has 0 spiro atoms. The van der Waals surface area contributed by atoms with Crippen LogP contribution in [-0.2, 0) is 21.2 Å². The van der Waals surface area contributed by atoms with Gasteiger partial charge in [0, 0.05) is 48.4 Å². The molecule has 0 aromatic heterocycles. The van der Waals surface area contributed by atoms with E-state index in [0.717, 1.165) is 24.3 Å². The molecule has 47 heavy (non-hydrogen) atoms. The summed E-state index contributed by atoms with van der Waals surface area (Å²) in [6.07, 6.45) is 0.235. The molecule has 4 aromatic carbocycles. The van der Waals surface area contributed by atoms with Gasteiger partial charge in [-0.3, -0.25) is 4.79 Å². The molecular formula is C34H33ClF4N4O3S. The monoisotopic (exact) mass is 688 g/mol. The van der Waals surface area contributed by atoms with Crippen molar-refractivity contribution >= 4 is 33.2 Å². The second kappa shape index (κ2) is 14.5. The van der Waals surface area contributed by atoms with Gasteiger partial charge in [0.1, 0.15) is 28.2 Å². The summed E-state index contributed by atoms with van der Waals surface area (Å²) in [4.78, 5) is 13.6. The third-order valence-electron chi connectivity index (χ3n) is 8.25. The Morgan fingerprint density at radius 2 is 1.62 bits per heavy atom. The number of sulfonamides is 1. The van der Waals surface area contributed by atoms with Gasteiger partial charge in [0.15, 0.2) is 0 Å². The number of hydrogen-bond donors (Lipinski definition) is 3. The molecule has 1 saturated heterocycles. The molecule has 13 heteroatoms. The van der Waals surface area contributed by atoms with Gasteiger partial charge in [-0.15, -0.1) is 0 Å².